The SMILES string of the molecule is NC1=C(N)N(c2ccc(Cl)nc2)c2nonc2N1c1ccc(Cl)nc1. The second-order valence-electron chi connectivity index (χ2n) is 5.03. The number of fused-ring (bicyclic) bond motifs is 1. The van der Waals surface area contributed by atoms with E-state index in [9.17, 15) is 0 Å². The summed E-state index contributed by atoms with van der Waals surface area (Å²) in [5, 5.41) is 8.57. The molecule has 25 heavy (non-hydrogen) atoms. The van der Waals surface area contributed by atoms with Crippen LogP contribution in [0.1, 0.15) is 0 Å². The molecule has 0 aliphatic carbocycles. The molecular formula is C14H10Cl2N8O. The lowest BCUT2D eigenvalue weighted by atomic mass is 10.2. The van der Waals surface area contributed by atoms with Crippen LogP contribution in [0.3, 0.4) is 0 Å². The molecule has 3 aromatic rings. The van der Waals surface area contributed by atoms with E-state index in [4.69, 9.17) is 39.3 Å². The predicted molar refractivity (Wildman–Crippen MR) is 92.5 cm³/mol. The lowest BCUT2D eigenvalue weighted by Crippen LogP contribution is -2.39. The molecule has 0 amide bonds. The van der Waals surface area contributed by atoms with Crippen molar-refractivity contribution in [1.29, 1.82) is 0 Å². The highest BCUT2D eigenvalue weighted by atomic mass is 35.5. The minimum absolute atomic E-state index is 0.224. The Balaban J connectivity index is 1.87. The number of pyridine rings is 2. The van der Waals surface area contributed by atoms with E-state index in [0.29, 0.717) is 33.3 Å². The van der Waals surface area contributed by atoms with Gasteiger partial charge in [-0.1, -0.05) is 23.2 Å². The monoisotopic (exact) mass is 376 g/mol. The summed E-state index contributed by atoms with van der Waals surface area (Å²) in [6.45, 7) is 0. The second-order valence-corrected chi connectivity index (χ2v) is 5.81. The number of nitrogens with zero attached hydrogens (tertiary/aromatic N) is 6. The third-order valence-electron chi connectivity index (χ3n) is 3.56. The zero-order valence-electron chi connectivity index (χ0n) is 12.5. The van der Waals surface area contributed by atoms with E-state index < -0.39 is 0 Å². The molecule has 1 aliphatic rings. The van der Waals surface area contributed by atoms with Crippen LogP contribution in [0.5, 0.6) is 0 Å². The molecule has 4 rings (SSSR count). The van der Waals surface area contributed by atoms with Crippen molar-refractivity contribution in [3.8, 4) is 0 Å². The van der Waals surface area contributed by atoms with Gasteiger partial charge in [-0.15, -0.1) is 0 Å². The maximum Gasteiger partial charge on any atom is 0.229 e. The Bertz CT molecular complexity index is 878. The van der Waals surface area contributed by atoms with Crippen LogP contribution in [-0.4, -0.2) is 20.3 Å². The van der Waals surface area contributed by atoms with Gasteiger partial charge in [0.15, 0.2) is 11.6 Å². The van der Waals surface area contributed by atoms with Crippen LogP contribution in [0.15, 0.2) is 52.9 Å². The van der Waals surface area contributed by atoms with E-state index in [0.717, 1.165) is 0 Å². The highest BCUT2D eigenvalue weighted by molar-refractivity contribution is 6.29. The zero-order chi connectivity index (χ0) is 17.6. The molecule has 0 aromatic carbocycles. The summed E-state index contributed by atoms with van der Waals surface area (Å²) in [7, 11) is 0. The summed E-state index contributed by atoms with van der Waals surface area (Å²) in [5.41, 5.74) is 13.7. The molecule has 0 bridgehead atoms. The lowest BCUT2D eigenvalue weighted by Gasteiger charge is -2.33. The van der Waals surface area contributed by atoms with Crippen LogP contribution >= 0.6 is 23.2 Å². The third-order valence-corrected chi connectivity index (χ3v) is 4.01. The topological polar surface area (TPSA) is 123 Å². The molecule has 4 N–H and O–H groups in total. The Morgan fingerprint density at radius 3 is 1.56 bits per heavy atom. The Morgan fingerprint density at radius 2 is 1.20 bits per heavy atom. The van der Waals surface area contributed by atoms with Gasteiger partial charge in [0.2, 0.25) is 11.6 Å². The van der Waals surface area contributed by atoms with Crippen LogP contribution in [0.2, 0.25) is 10.3 Å². The quantitative estimate of drug-likeness (QED) is 0.648. The normalized spacial score (nSPS) is 14.0. The van der Waals surface area contributed by atoms with E-state index in [2.05, 4.69) is 20.3 Å². The maximum atomic E-state index is 6.25. The van der Waals surface area contributed by atoms with E-state index >= 15 is 0 Å². The Labute approximate surface area is 151 Å². The minimum atomic E-state index is 0.224. The molecule has 9 nitrogen and oxygen atoms in total. The highest BCUT2D eigenvalue weighted by Crippen LogP contribution is 2.42. The Kier molecular flexibility index (Phi) is 3.59. The van der Waals surface area contributed by atoms with Crippen LogP contribution in [0.25, 0.3) is 0 Å². The van der Waals surface area contributed by atoms with E-state index in [1.165, 1.54) is 0 Å². The largest absolute Gasteiger partial charge is 0.382 e. The van der Waals surface area contributed by atoms with E-state index in [-0.39, 0.29) is 11.6 Å². The molecule has 0 saturated carbocycles. The number of aromatic nitrogens is 4. The molecule has 126 valence electrons. The summed E-state index contributed by atoms with van der Waals surface area (Å²) in [4.78, 5) is 11.2. The van der Waals surface area contributed by atoms with Gasteiger partial charge in [-0.2, -0.15) is 0 Å². The number of hydrogen-bond acceptors (Lipinski definition) is 9. The Hall–Kier alpha value is -3.04. The van der Waals surface area contributed by atoms with Crippen molar-refractivity contribution in [3.05, 3.63) is 58.6 Å². The van der Waals surface area contributed by atoms with Gasteiger partial charge in [-0.05, 0) is 34.6 Å². The van der Waals surface area contributed by atoms with Gasteiger partial charge in [0, 0.05) is 0 Å². The fourth-order valence-electron chi connectivity index (χ4n) is 2.44. The molecule has 0 saturated heterocycles. The van der Waals surface area contributed by atoms with Gasteiger partial charge in [0.05, 0.1) is 23.8 Å². The van der Waals surface area contributed by atoms with E-state index in [1.54, 1.807) is 46.5 Å². The van der Waals surface area contributed by atoms with Gasteiger partial charge >= 0.3 is 0 Å². The molecule has 11 heteroatoms. The van der Waals surface area contributed by atoms with Crippen molar-refractivity contribution in [2.75, 3.05) is 9.80 Å². The van der Waals surface area contributed by atoms with Crippen molar-refractivity contribution < 1.29 is 4.63 Å². The van der Waals surface area contributed by atoms with Crippen LogP contribution in [0.4, 0.5) is 23.0 Å². The van der Waals surface area contributed by atoms with Crippen LogP contribution < -0.4 is 21.3 Å². The smallest absolute Gasteiger partial charge is 0.229 e. The summed E-state index contributed by atoms with van der Waals surface area (Å²) < 4.78 is 4.90. The summed E-state index contributed by atoms with van der Waals surface area (Å²) in [6.07, 6.45) is 3.08. The van der Waals surface area contributed by atoms with Gasteiger partial charge in [0.1, 0.15) is 10.3 Å². The number of halogens is 2. The molecule has 1 aliphatic heterocycles. The first kappa shape index (κ1) is 15.5. The molecule has 0 unspecified atom stereocenters. The number of hydrogen-bond donors (Lipinski definition) is 2. The summed E-state index contributed by atoms with van der Waals surface area (Å²) in [6, 6.07) is 6.72. The fourth-order valence-corrected chi connectivity index (χ4v) is 2.67. The molecule has 0 atom stereocenters. The first-order valence-corrected chi connectivity index (χ1v) is 7.73. The summed E-state index contributed by atoms with van der Waals surface area (Å²) >= 11 is 11.7. The standard InChI is InChI=1S/C14H10Cl2N8O/c15-9-3-1-7(5-19-9)23-11(17)12(18)24(14-13(23)21-25-22-14)8-2-4-10(16)20-6-8/h1-6H,17-18H2. The van der Waals surface area contributed by atoms with Crippen LogP contribution in [-0.2, 0) is 0 Å². The molecule has 4 heterocycles. The van der Waals surface area contributed by atoms with Crippen molar-refractivity contribution in [3.63, 3.8) is 0 Å². The molecule has 0 fully saturated rings. The van der Waals surface area contributed by atoms with Gasteiger partial charge in [0.25, 0.3) is 0 Å². The number of nitrogens with two attached hydrogens (primary N) is 2. The zero-order valence-corrected chi connectivity index (χ0v) is 14.0. The maximum absolute atomic E-state index is 6.25. The van der Waals surface area contributed by atoms with E-state index in [1.807, 2.05) is 0 Å². The molecular weight excluding hydrogens is 367 g/mol. The minimum Gasteiger partial charge on any atom is -0.382 e. The molecule has 3 aromatic heterocycles. The van der Waals surface area contributed by atoms with Crippen molar-refractivity contribution >= 4 is 46.2 Å². The second kappa shape index (κ2) is 5.80. The Morgan fingerprint density at radius 1 is 0.760 bits per heavy atom. The predicted octanol–water partition coefficient (Wildman–Crippen LogP) is 2.50. The average Bonchev–Trinajstić information content (AvgIpc) is 3.07. The van der Waals surface area contributed by atoms with Crippen molar-refractivity contribution in [2.45, 2.75) is 0 Å². The van der Waals surface area contributed by atoms with Gasteiger partial charge in [-0.25, -0.2) is 14.6 Å². The molecule has 0 spiro atoms. The molecule has 0 radical (unpaired) electrons. The highest BCUT2D eigenvalue weighted by Gasteiger charge is 2.35. The first-order chi connectivity index (χ1) is 12.1. The van der Waals surface area contributed by atoms with Gasteiger partial charge < -0.3 is 11.5 Å². The lowest BCUT2D eigenvalue weighted by molar-refractivity contribution is 0.309. The van der Waals surface area contributed by atoms with Crippen molar-refractivity contribution in [2.24, 2.45) is 11.5 Å². The first-order valence-electron chi connectivity index (χ1n) is 6.97. The fraction of sp³-hybridized carbons (Fsp3) is 0. The third kappa shape index (κ3) is 2.49. The summed E-state index contributed by atoms with van der Waals surface area (Å²) in [5.74, 6) is 1.15. The van der Waals surface area contributed by atoms with Crippen LogP contribution in [0, 0.1) is 0 Å². The van der Waals surface area contributed by atoms with Crippen molar-refractivity contribution in [1.82, 2.24) is 20.3 Å². The number of anilines is 4. The average molecular weight is 377 g/mol. The number of rotatable bonds is 2. The van der Waals surface area contributed by atoms with Gasteiger partial charge in [-0.3, -0.25) is 9.80 Å².